The number of carbonyl (C=O) groups excluding carboxylic acids is 1. The number of rotatable bonds is 6. The molecule has 0 spiro atoms. The molecule has 156 valence electrons. The Balaban J connectivity index is 1.54. The molecule has 1 saturated heterocycles. The number of hydrogen-bond donors (Lipinski definition) is 1. The van der Waals surface area contributed by atoms with Gasteiger partial charge in [0.2, 0.25) is 0 Å². The molecule has 0 aliphatic carbocycles. The lowest BCUT2D eigenvalue weighted by atomic mass is 10.1. The van der Waals surface area contributed by atoms with Gasteiger partial charge in [-0.25, -0.2) is 4.79 Å². The number of benzene rings is 2. The van der Waals surface area contributed by atoms with Crippen LogP contribution in [0.1, 0.15) is 35.0 Å². The zero-order valence-electron chi connectivity index (χ0n) is 16.7. The van der Waals surface area contributed by atoms with E-state index in [-0.39, 0.29) is 11.5 Å². The highest BCUT2D eigenvalue weighted by Gasteiger charge is 2.33. The molecule has 0 bridgehead atoms. The molecule has 0 saturated carbocycles. The smallest absolute Gasteiger partial charge is 0.335 e. The number of nitrogens with zero attached hydrogens (tertiary/aromatic N) is 1. The van der Waals surface area contributed by atoms with E-state index in [9.17, 15) is 9.59 Å². The fourth-order valence-corrected chi connectivity index (χ4v) is 4.56. The highest BCUT2D eigenvalue weighted by atomic mass is 32.2. The van der Waals surface area contributed by atoms with E-state index in [1.165, 1.54) is 34.4 Å². The Morgan fingerprint density at radius 1 is 1.10 bits per heavy atom. The predicted molar refractivity (Wildman–Crippen MR) is 127 cm³/mol. The minimum Gasteiger partial charge on any atom is -0.478 e. The second kappa shape index (κ2) is 8.91. The fraction of sp³-hybridized carbons (Fsp3) is 0.125. The first-order valence-electron chi connectivity index (χ1n) is 9.76. The first kappa shape index (κ1) is 21.1. The average Bonchev–Trinajstić information content (AvgIpc) is 3.33. The molecule has 1 aliphatic rings. The van der Waals surface area contributed by atoms with Crippen molar-refractivity contribution in [1.82, 2.24) is 0 Å². The highest BCUT2D eigenvalue weighted by molar-refractivity contribution is 8.27. The van der Waals surface area contributed by atoms with Crippen molar-refractivity contribution >= 4 is 51.9 Å². The number of amides is 1. The Morgan fingerprint density at radius 3 is 2.45 bits per heavy atom. The highest BCUT2D eigenvalue weighted by Crippen LogP contribution is 2.36. The van der Waals surface area contributed by atoms with E-state index in [4.69, 9.17) is 21.7 Å². The molecule has 1 aromatic heterocycles. The first-order chi connectivity index (χ1) is 15.0. The van der Waals surface area contributed by atoms with E-state index >= 15 is 0 Å². The number of carboxylic acid groups (broad SMARTS) is 1. The van der Waals surface area contributed by atoms with E-state index in [1.807, 2.05) is 24.3 Å². The van der Waals surface area contributed by atoms with Gasteiger partial charge in [-0.05, 0) is 48.4 Å². The maximum Gasteiger partial charge on any atom is 0.335 e. The van der Waals surface area contributed by atoms with Crippen molar-refractivity contribution in [3.8, 4) is 11.3 Å². The summed E-state index contributed by atoms with van der Waals surface area (Å²) in [5.41, 5.74) is 2.95. The number of aromatic carboxylic acids is 1. The predicted octanol–water partition coefficient (Wildman–Crippen LogP) is 6.00. The molecule has 1 N–H and O–H groups in total. The summed E-state index contributed by atoms with van der Waals surface area (Å²) in [7, 11) is 0. The maximum atomic E-state index is 12.9. The second-order valence-electron chi connectivity index (χ2n) is 7.02. The van der Waals surface area contributed by atoms with Crippen LogP contribution in [0.5, 0.6) is 0 Å². The number of carbonyl (C=O) groups is 2. The number of carboxylic acids is 1. The van der Waals surface area contributed by atoms with Crippen LogP contribution < -0.4 is 4.90 Å². The third-order valence-corrected chi connectivity index (χ3v) is 6.15. The van der Waals surface area contributed by atoms with Crippen molar-refractivity contribution < 1.29 is 19.1 Å². The number of thiocarbonyl (C=S) groups is 1. The van der Waals surface area contributed by atoms with Gasteiger partial charge in [0, 0.05) is 11.6 Å². The van der Waals surface area contributed by atoms with Crippen LogP contribution >= 0.6 is 24.0 Å². The van der Waals surface area contributed by atoms with Crippen LogP contribution in [0.15, 0.2) is 70.0 Å². The molecule has 31 heavy (non-hydrogen) atoms. The Morgan fingerprint density at radius 2 is 1.81 bits per heavy atom. The molecule has 2 heterocycles. The zero-order valence-corrected chi connectivity index (χ0v) is 18.3. The number of anilines is 1. The van der Waals surface area contributed by atoms with Crippen molar-refractivity contribution in [2.24, 2.45) is 0 Å². The van der Waals surface area contributed by atoms with Crippen LogP contribution in [-0.2, 0) is 11.2 Å². The third-order valence-electron chi connectivity index (χ3n) is 4.84. The molecule has 0 radical (unpaired) electrons. The lowest BCUT2D eigenvalue weighted by Gasteiger charge is -2.14. The molecule has 1 amide bonds. The minimum atomic E-state index is -1.02. The van der Waals surface area contributed by atoms with Crippen molar-refractivity contribution in [1.29, 1.82) is 0 Å². The molecule has 1 aliphatic heterocycles. The Hall–Kier alpha value is -3.16. The van der Waals surface area contributed by atoms with E-state index < -0.39 is 5.97 Å². The van der Waals surface area contributed by atoms with Gasteiger partial charge in [0.05, 0.1) is 16.2 Å². The van der Waals surface area contributed by atoms with Gasteiger partial charge in [-0.2, -0.15) is 0 Å². The monoisotopic (exact) mass is 449 g/mol. The molecule has 0 unspecified atom stereocenters. The summed E-state index contributed by atoms with van der Waals surface area (Å²) in [6.07, 6.45) is 3.83. The summed E-state index contributed by atoms with van der Waals surface area (Å²) in [5.74, 6) is 0.00815. The van der Waals surface area contributed by atoms with Gasteiger partial charge in [-0.1, -0.05) is 61.6 Å². The summed E-state index contributed by atoms with van der Waals surface area (Å²) in [6.45, 7) is 2.15. The molecule has 4 rings (SSSR count). The van der Waals surface area contributed by atoms with E-state index in [2.05, 4.69) is 19.1 Å². The van der Waals surface area contributed by atoms with Crippen molar-refractivity contribution in [3.05, 3.63) is 82.5 Å². The number of aryl methyl sites for hydroxylation is 1. The van der Waals surface area contributed by atoms with Crippen LogP contribution in [0.4, 0.5) is 5.69 Å². The van der Waals surface area contributed by atoms with Gasteiger partial charge < -0.3 is 9.52 Å². The summed E-state index contributed by atoms with van der Waals surface area (Å²) in [5, 5.41) is 9.04. The quantitative estimate of drug-likeness (QED) is 0.367. The molecule has 5 nitrogen and oxygen atoms in total. The summed E-state index contributed by atoms with van der Waals surface area (Å²) >= 11 is 6.56. The van der Waals surface area contributed by atoms with Crippen molar-refractivity contribution in [2.45, 2.75) is 19.8 Å². The summed E-state index contributed by atoms with van der Waals surface area (Å²) in [4.78, 5) is 25.8. The van der Waals surface area contributed by atoms with Crippen LogP contribution in [0.2, 0.25) is 0 Å². The van der Waals surface area contributed by atoms with Crippen LogP contribution in [0, 0.1) is 0 Å². The Kier molecular flexibility index (Phi) is 6.06. The lowest BCUT2D eigenvalue weighted by Crippen LogP contribution is -2.27. The Bertz CT molecular complexity index is 1180. The number of hydrogen-bond acceptors (Lipinski definition) is 5. The van der Waals surface area contributed by atoms with E-state index in [1.54, 1.807) is 18.2 Å². The van der Waals surface area contributed by atoms with Gasteiger partial charge in [0.25, 0.3) is 5.91 Å². The summed E-state index contributed by atoms with van der Waals surface area (Å²) < 4.78 is 6.32. The average molecular weight is 450 g/mol. The maximum absolute atomic E-state index is 12.9. The molecule has 3 aromatic rings. The molecule has 7 heteroatoms. The van der Waals surface area contributed by atoms with Gasteiger partial charge >= 0.3 is 5.97 Å². The zero-order chi connectivity index (χ0) is 22.0. The number of furan rings is 1. The standard InChI is InChI=1S/C24H19NO4S2/c1-2-3-15-4-6-16(7-5-15)20-13-12-19(29-20)14-21-22(26)25(24(30)31-21)18-10-8-17(9-11-18)23(27)28/h4-14H,2-3H2,1H3,(H,27,28)/b21-14+. The van der Waals surface area contributed by atoms with Crippen LogP contribution in [0.3, 0.4) is 0 Å². The Labute approximate surface area is 189 Å². The van der Waals surface area contributed by atoms with Gasteiger partial charge in [0.1, 0.15) is 11.5 Å². The first-order valence-corrected chi connectivity index (χ1v) is 11.0. The van der Waals surface area contributed by atoms with Gasteiger partial charge in [-0.15, -0.1) is 0 Å². The van der Waals surface area contributed by atoms with Crippen LogP contribution in [-0.4, -0.2) is 21.3 Å². The van der Waals surface area contributed by atoms with Crippen LogP contribution in [0.25, 0.3) is 17.4 Å². The SMILES string of the molecule is CCCc1ccc(-c2ccc(/C=C3/SC(=S)N(c4ccc(C(=O)O)cc4)C3=O)o2)cc1. The number of thioether (sulfide) groups is 1. The normalized spacial score (nSPS) is 15.1. The topological polar surface area (TPSA) is 70.8 Å². The fourth-order valence-electron chi connectivity index (χ4n) is 3.28. The molecule has 2 aromatic carbocycles. The van der Waals surface area contributed by atoms with E-state index in [0.717, 1.165) is 24.2 Å². The second-order valence-corrected chi connectivity index (χ2v) is 8.69. The van der Waals surface area contributed by atoms with Crippen molar-refractivity contribution in [2.75, 3.05) is 4.90 Å². The van der Waals surface area contributed by atoms with Gasteiger partial charge in [0.15, 0.2) is 4.32 Å². The largest absolute Gasteiger partial charge is 0.478 e. The molecule has 1 fully saturated rings. The molecular weight excluding hydrogens is 430 g/mol. The molecule has 0 atom stereocenters. The van der Waals surface area contributed by atoms with E-state index in [0.29, 0.717) is 20.7 Å². The minimum absolute atomic E-state index is 0.149. The van der Waals surface area contributed by atoms with Gasteiger partial charge in [-0.3, -0.25) is 9.69 Å². The summed E-state index contributed by atoms with van der Waals surface area (Å²) in [6, 6.07) is 18.0. The lowest BCUT2D eigenvalue weighted by molar-refractivity contribution is -0.113. The molecular formula is C24H19NO4S2. The third kappa shape index (κ3) is 4.47. The van der Waals surface area contributed by atoms with Crippen molar-refractivity contribution in [3.63, 3.8) is 0 Å².